The van der Waals surface area contributed by atoms with E-state index >= 15 is 0 Å². The number of aldehydes is 1. The van der Waals surface area contributed by atoms with Gasteiger partial charge in [-0.2, -0.15) is 5.10 Å². The number of carbonyl (C=O) groups excluding carboxylic acids is 1. The van der Waals surface area contributed by atoms with Gasteiger partial charge < -0.3 is 9.47 Å². The Morgan fingerprint density at radius 2 is 2.00 bits per heavy atom. The second kappa shape index (κ2) is 4.28. The van der Waals surface area contributed by atoms with Crippen LogP contribution in [0.4, 0.5) is 0 Å². The number of hydrogen-bond acceptors (Lipinski definition) is 3. The molecule has 0 heterocycles. The molecule has 0 spiro atoms. The van der Waals surface area contributed by atoms with Crippen molar-refractivity contribution in [2.24, 2.45) is 5.10 Å². The minimum absolute atomic E-state index is 0.412. The van der Waals surface area contributed by atoms with Crippen molar-refractivity contribution in [2.45, 2.75) is 26.1 Å². The predicted octanol–water partition coefficient (Wildman–Crippen LogP) is 1.33. The van der Waals surface area contributed by atoms with Gasteiger partial charge in [-0.05, 0) is 0 Å². The van der Waals surface area contributed by atoms with E-state index in [1.165, 1.54) is 0 Å². The summed E-state index contributed by atoms with van der Waals surface area (Å²) in [6.07, 6.45) is 2.90. The molecule has 0 aliphatic heterocycles. The van der Waals surface area contributed by atoms with Crippen molar-refractivity contribution < 1.29 is 4.79 Å². The van der Waals surface area contributed by atoms with Crippen molar-refractivity contribution in [3.63, 3.8) is 0 Å². The zero-order chi connectivity index (χ0) is 8.91. The second-order valence-electron chi connectivity index (χ2n) is 3.39. The zero-order valence-corrected chi connectivity index (χ0v) is 8.66. The molecule has 0 aliphatic carbocycles. The van der Waals surface area contributed by atoms with Crippen molar-refractivity contribution in [3.8, 4) is 0 Å². The average molecular weight is 172 g/mol. The van der Waals surface area contributed by atoms with Crippen LogP contribution >= 0.6 is 0 Å². The molecule has 0 saturated heterocycles. The first-order chi connectivity index (χ1) is 4.98. The van der Waals surface area contributed by atoms with Crippen molar-refractivity contribution in [2.75, 3.05) is 7.05 Å². The van der Waals surface area contributed by atoms with Crippen LogP contribution in [0.3, 0.4) is 0 Å². The fourth-order valence-corrected chi connectivity index (χ4v) is 0.814. The molecule has 0 aromatic carbocycles. The van der Waals surface area contributed by atoms with Crippen LogP contribution < -0.4 is 0 Å². The summed E-state index contributed by atoms with van der Waals surface area (Å²) < 4.78 is 1.97. The molecular formula is C7H16N2OSi. The summed E-state index contributed by atoms with van der Waals surface area (Å²) in [7, 11) is 0.661. The van der Waals surface area contributed by atoms with Gasteiger partial charge in [0.05, 0.1) is 0 Å². The maximum absolute atomic E-state index is 9.94. The summed E-state index contributed by atoms with van der Waals surface area (Å²) in [6, 6.07) is 0. The highest BCUT2D eigenvalue weighted by molar-refractivity contribution is 6.73. The fourth-order valence-electron chi connectivity index (χ4n) is 0.386. The Labute approximate surface area is 69.2 Å². The summed E-state index contributed by atoms with van der Waals surface area (Å²) in [5.41, 5.74) is 0. The SMILES string of the molecule is CN(N=CCC=O)[Si](C)(C)C. The van der Waals surface area contributed by atoms with Crippen LogP contribution in [-0.2, 0) is 4.79 Å². The summed E-state index contributed by atoms with van der Waals surface area (Å²) in [6.45, 7) is 6.60. The number of nitrogens with zero attached hydrogens (tertiary/aromatic N) is 2. The average Bonchev–Trinajstić information content (AvgIpc) is 1.86. The van der Waals surface area contributed by atoms with Crippen LogP contribution in [0.5, 0.6) is 0 Å². The molecule has 64 valence electrons. The number of rotatable bonds is 4. The first kappa shape index (κ1) is 10.4. The van der Waals surface area contributed by atoms with Gasteiger partial charge in [0.15, 0.2) is 8.24 Å². The van der Waals surface area contributed by atoms with Crippen LogP contribution in [-0.4, -0.2) is 32.5 Å². The van der Waals surface area contributed by atoms with Gasteiger partial charge in [0, 0.05) is 19.7 Å². The minimum Gasteiger partial charge on any atom is -0.328 e. The lowest BCUT2D eigenvalue weighted by Gasteiger charge is -2.26. The van der Waals surface area contributed by atoms with Gasteiger partial charge in [-0.1, -0.05) is 19.6 Å². The van der Waals surface area contributed by atoms with Gasteiger partial charge in [0.2, 0.25) is 0 Å². The maximum Gasteiger partial charge on any atom is 0.168 e. The molecule has 0 N–H and O–H groups in total. The molecule has 0 bridgehead atoms. The largest absolute Gasteiger partial charge is 0.328 e. The number of carbonyl (C=O) groups is 1. The Balaban J connectivity index is 3.86. The third-order valence-electron chi connectivity index (χ3n) is 1.43. The Morgan fingerprint density at radius 1 is 1.45 bits per heavy atom. The molecule has 0 unspecified atom stereocenters. The maximum atomic E-state index is 9.94. The topological polar surface area (TPSA) is 32.7 Å². The van der Waals surface area contributed by atoms with E-state index < -0.39 is 8.24 Å². The van der Waals surface area contributed by atoms with E-state index in [0.29, 0.717) is 6.42 Å². The highest BCUT2D eigenvalue weighted by Gasteiger charge is 2.17. The van der Waals surface area contributed by atoms with E-state index in [0.717, 1.165) is 6.29 Å². The molecule has 0 aromatic rings. The summed E-state index contributed by atoms with van der Waals surface area (Å²) in [5.74, 6) is 0. The quantitative estimate of drug-likeness (QED) is 0.277. The van der Waals surface area contributed by atoms with Crippen LogP contribution in [0, 0.1) is 0 Å². The van der Waals surface area contributed by atoms with Crippen LogP contribution in [0.2, 0.25) is 19.6 Å². The van der Waals surface area contributed by atoms with Crippen LogP contribution in [0.1, 0.15) is 6.42 Å². The Morgan fingerprint density at radius 3 is 2.36 bits per heavy atom. The highest BCUT2D eigenvalue weighted by Crippen LogP contribution is 2.05. The molecule has 0 radical (unpaired) electrons. The lowest BCUT2D eigenvalue weighted by atomic mass is 10.5. The van der Waals surface area contributed by atoms with Gasteiger partial charge in [0.1, 0.15) is 6.29 Å². The summed E-state index contributed by atoms with van der Waals surface area (Å²) in [5, 5.41) is 4.12. The Bertz CT molecular complexity index is 151. The van der Waals surface area contributed by atoms with Gasteiger partial charge in [-0.15, -0.1) is 0 Å². The number of hydrazone groups is 1. The normalized spacial score (nSPS) is 12.0. The molecule has 0 amide bonds. The first-order valence-electron chi connectivity index (χ1n) is 3.68. The lowest BCUT2D eigenvalue weighted by molar-refractivity contribution is -0.106. The van der Waals surface area contributed by atoms with E-state index in [1.807, 2.05) is 11.7 Å². The molecule has 3 nitrogen and oxygen atoms in total. The van der Waals surface area contributed by atoms with Crippen molar-refractivity contribution in [1.82, 2.24) is 4.67 Å². The van der Waals surface area contributed by atoms with Gasteiger partial charge in [-0.25, -0.2) is 0 Å². The highest BCUT2D eigenvalue weighted by atomic mass is 28.3. The smallest absolute Gasteiger partial charge is 0.168 e. The van der Waals surface area contributed by atoms with E-state index in [4.69, 9.17) is 0 Å². The van der Waals surface area contributed by atoms with Crippen LogP contribution in [0.25, 0.3) is 0 Å². The van der Waals surface area contributed by atoms with Crippen molar-refractivity contribution >= 4 is 20.7 Å². The molecule has 0 saturated carbocycles. The monoisotopic (exact) mass is 172 g/mol. The van der Waals surface area contributed by atoms with E-state index in [9.17, 15) is 4.79 Å². The summed E-state index contributed by atoms with van der Waals surface area (Å²) in [4.78, 5) is 9.94. The van der Waals surface area contributed by atoms with E-state index in [-0.39, 0.29) is 0 Å². The second-order valence-corrected chi connectivity index (χ2v) is 8.38. The lowest BCUT2D eigenvalue weighted by Crippen LogP contribution is -2.39. The van der Waals surface area contributed by atoms with Gasteiger partial charge in [0.25, 0.3) is 0 Å². The fraction of sp³-hybridized carbons (Fsp3) is 0.714. The Kier molecular flexibility index (Phi) is 4.03. The molecule has 0 fully saturated rings. The standard InChI is InChI=1S/C7H16N2OSi/c1-9(11(2,3)4)8-6-5-7-10/h6-7H,5H2,1-4H3. The first-order valence-corrected chi connectivity index (χ1v) is 7.13. The molecule has 0 aliphatic rings. The molecule has 11 heavy (non-hydrogen) atoms. The molecular weight excluding hydrogens is 156 g/mol. The molecule has 0 rings (SSSR count). The van der Waals surface area contributed by atoms with Gasteiger partial charge in [-0.3, -0.25) is 0 Å². The van der Waals surface area contributed by atoms with E-state index in [1.54, 1.807) is 6.21 Å². The molecule has 4 heteroatoms. The van der Waals surface area contributed by atoms with Crippen molar-refractivity contribution in [3.05, 3.63) is 0 Å². The number of hydrogen-bond donors (Lipinski definition) is 0. The molecule has 0 atom stereocenters. The third kappa shape index (κ3) is 4.72. The summed E-state index contributed by atoms with van der Waals surface area (Å²) >= 11 is 0. The van der Waals surface area contributed by atoms with Crippen LogP contribution in [0.15, 0.2) is 5.10 Å². The predicted molar refractivity (Wildman–Crippen MR) is 50.3 cm³/mol. The zero-order valence-electron chi connectivity index (χ0n) is 7.66. The minimum atomic E-state index is -1.29. The van der Waals surface area contributed by atoms with Gasteiger partial charge >= 0.3 is 0 Å². The third-order valence-corrected chi connectivity index (χ3v) is 3.48. The van der Waals surface area contributed by atoms with E-state index in [2.05, 4.69) is 24.7 Å². The molecule has 0 aromatic heterocycles. The van der Waals surface area contributed by atoms with Crippen molar-refractivity contribution in [1.29, 1.82) is 0 Å². The Hall–Kier alpha value is -0.643.